The van der Waals surface area contributed by atoms with Crippen LogP contribution in [0.1, 0.15) is 18.5 Å². The number of hydrogen-bond donors (Lipinski definition) is 1. The second-order valence-electron chi connectivity index (χ2n) is 5.23. The lowest BCUT2D eigenvalue weighted by Crippen LogP contribution is -2.36. The molecule has 1 aliphatic rings. The van der Waals surface area contributed by atoms with E-state index in [1.54, 1.807) is 18.3 Å². The lowest BCUT2D eigenvalue weighted by Gasteiger charge is -2.25. The molecule has 3 rings (SSSR count). The summed E-state index contributed by atoms with van der Waals surface area (Å²) >= 11 is 17.7. The van der Waals surface area contributed by atoms with E-state index >= 15 is 0 Å². The molecule has 1 saturated carbocycles. The van der Waals surface area contributed by atoms with Crippen LogP contribution in [0.4, 0.5) is 5.69 Å². The van der Waals surface area contributed by atoms with Crippen molar-refractivity contribution < 1.29 is 0 Å². The van der Waals surface area contributed by atoms with Crippen LogP contribution in [0, 0.1) is 0 Å². The summed E-state index contributed by atoms with van der Waals surface area (Å²) < 4.78 is 0. The molecule has 0 saturated heterocycles. The molecule has 0 spiro atoms. The van der Waals surface area contributed by atoms with Crippen molar-refractivity contribution in [3.8, 4) is 0 Å². The van der Waals surface area contributed by atoms with Crippen molar-refractivity contribution >= 4 is 46.2 Å². The Labute approximate surface area is 145 Å². The SMILES string of the molecule is S=C(Nc1ccc(Cl)cc1Cl)N(Cc1ccccn1)C1CC1. The minimum absolute atomic E-state index is 0.480. The quantitative estimate of drug-likeness (QED) is 0.804. The first kappa shape index (κ1) is 15.5. The van der Waals surface area contributed by atoms with Crippen LogP contribution in [-0.4, -0.2) is 21.0 Å². The van der Waals surface area contributed by atoms with Crippen molar-refractivity contribution in [2.45, 2.75) is 25.4 Å². The van der Waals surface area contributed by atoms with Gasteiger partial charge in [-0.3, -0.25) is 4.98 Å². The van der Waals surface area contributed by atoms with Gasteiger partial charge in [0.2, 0.25) is 0 Å². The number of hydrogen-bond acceptors (Lipinski definition) is 2. The Hall–Kier alpha value is -1.36. The molecule has 0 atom stereocenters. The van der Waals surface area contributed by atoms with E-state index in [1.807, 2.05) is 24.3 Å². The summed E-state index contributed by atoms with van der Waals surface area (Å²) in [6.07, 6.45) is 4.11. The van der Waals surface area contributed by atoms with Crippen LogP contribution in [0.2, 0.25) is 10.0 Å². The van der Waals surface area contributed by atoms with Crippen LogP contribution in [-0.2, 0) is 6.54 Å². The van der Waals surface area contributed by atoms with Crippen molar-refractivity contribution in [2.75, 3.05) is 5.32 Å². The molecule has 0 radical (unpaired) electrons. The second kappa shape index (κ2) is 6.82. The third-order valence-corrected chi connectivity index (χ3v) is 4.36. The fraction of sp³-hybridized carbons (Fsp3) is 0.250. The van der Waals surface area contributed by atoms with Crippen LogP contribution < -0.4 is 5.32 Å². The Morgan fingerprint density at radius 1 is 1.27 bits per heavy atom. The fourth-order valence-corrected chi connectivity index (χ4v) is 2.98. The monoisotopic (exact) mass is 351 g/mol. The van der Waals surface area contributed by atoms with Crippen LogP contribution in [0.15, 0.2) is 42.6 Å². The van der Waals surface area contributed by atoms with Crippen LogP contribution in [0.5, 0.6) is 0 Å². The fourth-order valence-electron chi connectivity index (χ4n) is 2.20. The highest BCUT2D eigenvalue weighted by molar-refractivity contribution is 7.80. The Kier molecular flexibility index (Phi) is 4.81. The first-order valence-electron chi connectivity index (χ1n) is 7.06. The van der Waals surface area contributed by atoms with Crippen LogP contribution in [0.25, 0.3) is 0 Å². The number of nitrogens with zero attached hydrogens (tertiary/aromatic N) is 2. The first-order chi connectivity index (χ1) is 10.6. The van der Waals surface area contributed by atoms with Gasteiger partial charge >= 0.3 is 0 Å². The Balaban J connectivity index is 1.73. The van der Waals surface area contributed by atoms with Gasteiger partial charge in [-0.1, -0.05) is 29.3 Å². The summed E-state index contributed by atoms with van der Waals surface area (Å²) in [5, 5.41) is 5.05. The van der Waals surface area contributed by atoms with Crippen molar-refractivity contribution in [2.24, 2.45) is 0 Å². The lowest BCUT2D eigenvalue weighted by molar-refractivity contribution is 0.404. The molecule has 0 aliphatic heterocycles. The number of anilines is 1. The Morgan fingerprint density at radius 2 is 2.09 bits per heavy atom. The molecule has 0 amide bonds. The number of aromatic nitrogens is 1. The van der Waals surface area contributed by atoms with Gasteiger partial charge in [0.1, 0.15) is 0 Å². The number of benzene rings is 1. The van der Waals surface area contributed by atoms with Gasteiger partial charge in [-0.25, -0.2) is 0 Å². The standard InChI is InChI=1S/C16H15Cl2N3S/c17-11-4-7-15(14(18)9-11)20-16(22)21(13-5-6-13)10-12-3-1-2-8-19-12/h1-4,7-9,13H,5-6,10H2,(H,20,22). The molecular formula is C16H15Cl2N3S. The van der Waals surface area contributed by atoms with E-state index in [-0.39, 0.29) is 0 Å². The maximum absolute atomic E-state index is 6.20. The van der Waals surface area contributed by atoms with E-state index in [0.29, 0.717) is 27.7 Å². The molecule has 1 N–H and O–H groups in total. The molecule has 1 aromatic heterocycles. The highest BCUT2D eigenvalue weighted by Crippen LogP contribution is 2.30. The normalized spacial score (nSPS) is 13.7. The molecule has 1 aliphatic carbocycles. The van der Waals surface area contributed by atoms with E-state index < -0.39 is 0 Å². The van der Waals surface area contributed by atoms with Gasteiger partial charge in [0.25, 0.3) is 0 Å². The Bertz CT molecular complexity index is 674. The van der Waals surface area contributed by atoms with E-state index in [1.165, 1.54) is 0 Å². The number of pyridine rings is 1. The van der Waals surface area contributed by atoms with Gasteiger partial charge < -0.3 is 10.2 Å². The Morgan fingerprint density at radius 3 is 2.73 bits per heavy atom. The smallest absolute Gasteiger partial charge is 0.174 e. The second-order valence-corrected chi connectivity index (χ2v) is 6.46. The van der Waals surface area contributed by atoms with E-state index in [2.05, 4.69) is 15.2 Å². The van der Waals surface area contributed by atoms with Crippen molar-refractivity contribution in [1.82, 2.24) is 9.88 Å². The van der Waals surface area contributed by atoms with E-state index in [0.717, 1.165) is 24.2 Å². The van der Waals surface area contributed by atoms with Gasteiger partial charge in [0, 0.05) is 17.3 Å². The third-order valence-electron chi connectivity index (χ3n) is 3.48. The summed E-state index contributed by atoms with van der Waals surface area (Å²) in [5.74, 6) is 0. The van der Waals surface area contributed by atoms with Gasteiger partial charge in [-0.2, -0.15) is 0 Å². The minimum atomic E-state index is 0.480. The highest BCUT2D eigenvalue weighted by Gasteiger charge is 2.31. The predicted octanol–water partition coefficient (Wildman–Crippen LogP) is 4.75. The molecule has 6 heteroatoms. The minimum Gasteiger partial charge on any atom is -0.340 e. The number of nitrogens with one attached hydrogen (secondary N) is 1. The molecule has 0 bridgehead atoms. The highest BCUT2D eigenvalue weighted by atomic mass is 35.5. The topological polar surface area (TPSA) is 28.2 Å². The molecule has 1 aromatic carbocycles. The average molecular weight is 352 g/mol. The number of rotatable bonds is 4. The molecule has 22 heavy (non-hydrogen) atoms. The van der Waals surface area contributed by atoms with Gasteiger partial charge in [0.15, 0.2) is 5.11 Å². The number of halogens is 2. The first-order valence-corrected chi connectivity index (χ1v) is 8.22. The largest absolute Gasteiger partial charge is 0.340 e. The molecule has 2 aromatic rings. The number of thiocarbonyl (C=S) groups is 1. The summed E-state index contributed by atoms with van der Waals surface area (Å²) in [6, 6.07) is 11.7. The van der Waals surface area contributed by atoms with Crippen molar-refractivity contribution in [3.63, 3.8) is 0 Å². The summed E-state index contributed by atoms with van der Waals surface area (Å²) in [6.45, 7) is 0.697. The average Bonchev–Trinajstić information content (AvgIpc) is 3.33. The van der Waals surface area contributed by atoms with Crippen LogP contribution in [0.3, 0.4) is 0 Å². The summed E-state index contributed by atoms with van der Waals surface area (Å²) in [7, 11) is 0. The molecule has 1 fully saturated rings. The molecule has 3 nitrogen and oxygen atoms in total. The van der Waals surface area contributed by atoms with Gasteiger partial charge in [0.05, 0.1) is 22.9 Å². The van der Waals surface area contributed by atoms with E-state index in [4.69, 9.17) is 35.4 Å². The zero-order valence-corrected chi connectivity index (χ0v) is 14.1. The molecule has 0 unspecified atom stereocenters. The molecule has 1 heterocycles. The predicted molar refractivity (Wildman–Crippen MR) is 95.5 cm³/mol. The summed E-state index contributed by atoms with van der Waals surface area (Å²) in [5.41, 5.74) is 1.77. The van der Waals surface area contributed by atoms with Crippen LogP contribution >= 0.6 is 35.4 Å². The zero-order chi connectivity index (χ0) is 15.5. The van der Waals surface area contributed by atoms with E-state index in [9.17, 15) is 0 Å². The summed E-state index contributed by atoms with van der Waals surface area (Å²) in [4.78, 5) is 6.54. The van der Waals surface area contributed by atoms with Gasteiger partial charge in [-0.05, 0) is 55.4 Å². The van der Waals surface area contributed by atoms with Crippen molar-refractivity contribution in [1.29, 1.82) is 0 Å². The molecule has 114 valence electrons. The zero-order valence-electron chi connectivity index (χ0n) is 11.8. The van der Waals surface area contributed by atoms with Gasteiger partial charge in [-0.15, -0.1) is 0 Å². The maximum Gasteiger partial charge on any atom is 0.174 e. The third kappa shape index (κ3) is 3.88. The molecular weight excluding hydrogens is 337 g/mol. The van der Waals surface area contributed by atoms with Crippen molar-refractivity contribution in [3.05, 3.63) is 58.3 Å². The maximum atomic E-state index is 6.20. The lowest BCUT2D eigenvalue weighted by atomic mass is 10.3.